The van der Waals surface area contributed by atoms with E-state index < -0.39 is 0 Å². The molecule has 574 valence electrons. The highest BCUT2D eigenvalue weighted by molar-refractivity contribution is 7.00. The Hall–Kier alpha value is -13.0. The normalized spacial score (nSPS) is 13.6. The Morgan fingerprint density at radius 2 is 0.504 bits per heavy atom. The Kier molecular flexibility index (Phi) is 14.9. The maximum absolute atomic E-state index is 2.80. The van der Waals surface area contributed by atoms with Gasteiger partial charge in [-0.05, 0) is 243 Å². The van der Waals surface area contributed by atoms with E-state index >= 15 is 0 Å². The highest BCUT2D eigenvalue weighted by Crippen LogP contribution is 2.58. The molecular weight excluding hydrogens is 1440 g/mol. The van der Waals surface area contributed by atoms with E-state index in [0.717, 1.165) is 56.6 Å². The first-order valence-corrected chi connectivity index (χ1v) is 42.8. The Labute approximate surface area is 697 Å². The molecule has 0 aliphatic carbocycles. The number of hydrogen-bond acceptors (Lipinski definition) is 2. The molecule has 119 heavy (non-hydrogen) atoms. The minimum Gasteiger partial charge on any atom is -0.310 e. The van der Waals surface area contributed by atoms with E-state index in [9.17, 15) is 0 Å². The summed E-state index contributed by atoms with van der Waals surface area (Å²) in [5.74, 6) is 0. The van der Waals surface area contributed by atoms with Gasteiger partial charge in [-0.3, -0.25) is 0 Å². The summed E-state index contributed by atoms with van der Waals surface area (Å²) in [7, 11) is 0. The van der Waals surface area contributed by atoms with Gasteiger partial charge in [0.1, 0.15) is 0 Å². The zero-order chi connectivity index (χ0) is 81.1. The van der Waals surface area contributed by atoms with Gasteiger partial charge < -0.3 is 18.9 Å². The zero-order valence-corrected chi connectivity index (χ0v) is 70.7. The molecule has 0 atom stereocenters. The van der Waals surface area contributed by atoms with Crippen LogP contribution in [0.3, 0.4) is 0 Å². The van der Waals surface area contributed by atoms with Crippen molar-refractivity contribution in [2.45, 2.75) is 131 Å². The van der Waals surface area contributed by atoms with Gasteiger partial charge in [-0.25, -0.2) is 0 Å². The van der Waals surface area contributed by atoms with E-state index in [2.05, 4.69) is 426 Å². The summed E-state index contributed by atoms with van der Waals surface area (Å²) in [5, 5.41) is 20.8. The molecule has 5 heteroatoms. The van der Waals surface area contributed by atoms with Crippen LogP contribution in [0.1, 0.15) is 132 Å². The second-order valence-electron chi connectivity index (χ2n) is 39.6. The van der Waals surface area contributed by atoms with Crippen molar-refractivity contribution in [3.63, 3.8) is 0 Å². The highest BCUT2D eigenvalue weighted by Gasteiger charge is 2.47. The molecule has 0 N–H and O–H groups in total. The van der Waals surface area contributed by atoms with Gasteiger partial charge >= 0.3 is 0 Å². The lowest BCUT2D eigenvalue weighted by molar-refractivity contribution is 0.590. The standard InChI is InChI=1S/C114H95BN4/c1-110(2,3)74-46-38-68(39-47-74)87-60-77(113(10,11)12)61-88(69-40-48-75(49-41-69)111(4,5)6)109(87)119-96-65-80(117-93-56-44-72-32-24-36-83-84-37-25-33-73-45-57-94(117)106(102(73)84)105(93)101(72)83)51-53-90(96)115-89-52-50-79(116-91-54-42-70-30-22-34-81-82-35-23-31-71-43-55-92(116)104(100(71)82)103(91)99(70)81)64-95(89)118(97-62-78(114(13,14)15)63-98(119)107(97)115)108-85(66-26-18-16-19-27-66)58-76(112(7,8)9)59-86(108)67-28-20-17-21-29-67/h16-65H,1-15H3. The molecule has 0 saturated heterocycles. The summed E-state index contributed by atoms with van der Waals surface area (Å²) in [6.07, 6.45) is 0. The summed E-state index contributed by atoms with van der Waals surface area (Å²) in [6, 6.07) is 119. The van der Waals surface area contributed by atoms with Gasteiger partial charge in [-0.1, -0.05) is 322 Å². The largest absolute Gasteiger partial charge is 0.310 e. The summed E-state index contributed by atoms with van der Waals surface area (Å²) in [6.45, 7) is 35.3. The number of fused-ring (bicyclic) bond motifs is 6. The second kappa shape index (κ2) is 24.8. The summed E-state index contributed by atoms with van der Waals surface area (Å²) < 4.78 is 5.23. The van der Waals surface area contributed by atoms with Crippen molar-refractivity contribution in [3.05, 3.63) is 331 Å². The molecule has 4 nitrogen and oxygen atoms in total. The van der Waals surface area contributed by atoms with E-state index in [1.54, 1.807) is 0 Å². The van der Waals surface area contributed by atoms with Crippen molar-refractivity contribution in [1.29, 1.82) is 0 Å². The fourth-order valence-corrected chi connectivity index (χ4v) is 21.1. The topological polar surface area (TPSA) is 16.3 Å². The third-order valence-corrected chi connectivity index (χ3v) is 27.3. The van der Waals surface area contributed by atoms with E-state index in [0.29, 0.717) is 0 Å². The average molecular weight is 1530 g/mol. The summed E-state index contributed by atoms with van der Waals surface area (Å²) in [5.41, 5.74) is 32.5. The molecule has 2 aromatic heterocycles. The van der Waals surface area contributed by atoms with Crippen molar-refractivity contribution in [3.8, 4) is 55.9 Å². The minimum atomic E-state index is -0.368. The average Bonchev–Trinajstić information content (AvgIpc) is 1.68. The number of rotatable bonds is 8. The number of aromatic nitrogens is 2. The third-order valence-electron chi connectivity index (χ3n) is 27.3. The Balaban J connectivity index is 0.900. The first-order chi connectivity index (χ1) is 57.2. The van der Waals surface area contributed by atoms with E-state index in [-0.39, 0.29) is 33.8 Å². The summed E-state index contributed by atoms with van der Waals surface area (Å²) in [4.78, 5) is 5.58. The molecule has 4 heterocycles. The lowest BCUT2D eigenvalue weighted by atomic mass is 9.33. The van der Waals surface area contributed by atoms with Crippen molar-refractivity contribution in [2.24, 2.45) is 0 Å². The smallest absolute Gasteiger partial charge is 0.252 e. The van der Waals surface area contributed by atoms with Crippen LogP contribution >= 0.6 is 0 Å². The maximum atomic E-state index is 2.80. The maximum Gasteiger partial charge on any atom is 0.252 e. The van der Waals surface area contributed by atoms with E-state index in [1.807, 2.05) is 0 Å². The molecule has 2 aliphatic rings. The highest BCUT2D eigenvalue weighted by atomic mass is 15.2. The molecule has 0 unspecified atom stereocenters. The number of hydrogen-bond donors (Lipinski definition) is 0. The van der Waals surface area contributed by atoms with Gasteiger partial charge in [-0.15, -0.1) is 0 Å². The van der Waals surface area contributed by atoms with Crippen LogP contribution < -0.4 is 26.2 Å². The zero-order valence-electron chi connectivity index (χ0n) is 70.7. The van der Waals surface area contributed by atoms with Gasteiger partial charge in [0.05, 0.1) is 33.4 Å². The first-order valence-electron chi connectivity index (χ1n) is 42.8. The van der Waals surface area contributed by atoms with Crippen molar-refractivity contribution < 1.29 is 0 Å². The molecule has 0 radical (unpaired) electrons. The monoisotopic (exact) mass is 1530 g/mol. The number of nitrogens with zero attached hydrogens (tertiary/aromatic N) is 4. The molecule has 0 saturated carbocycles. The quantitative estimate of drug-likeness (QED) is 0.0856. The van der Waals surface area contributed by atoms with Gasteiger partial charge in [0, 0.05) is 77.9 Å². The lowest BCUT2D eigenvalue weighted by Gasteiger charge is -2.47. The molecule has 0 fully saturated rings. The molecular formula is C114H95BN4. The van der Waals surface area contributed by atoms with E-state index in [4.69, 9.17) is 0 Å². The number of benzene rings is 19. The van der Waals surface area contributed by atoms with Crippen LogP contribution in [0.5, 0.6) is 0 Å². The minimum absolute atomic E-state index is 0.0715. The van der Waals surface area contributed by atoms with Crippen molar-refractivity contribution in [2.75, 3.05) is 9.80 Å². The Morgan fingerprint density at radius 3 is 0.798 bits per heavy atom. The van der Waals surface area contributed by atoms with Crippen LogP contribution in [0.4, 0.5) is 34.1 Å². The predicted molar refractivity (Wildman–Crippen MR) is 514 cm³/mol. The fraction of sp³-hybridized carbons (Fsp3) is 0.175. The van der Waals surface area contributed by atoms with Crippen LogP contribution in [0.2, 0.25) is 0 Å². The molecule has 23 rings (SSSR count). The molecule has 2 aliphatic heterocycles. The van der Waals surface area contributed by atoms with Gasteiger partial charge in [0.2, 0.25) is 0 Å². The molecule has 0 bridgehead atoms. The fourth-order valence-electron chi connectivity index (χ4n) is 21.1. The van der Waals surface area contributed by atoms with Crippen LogP contribution in [-0.4, -0.2) is 15.8 Å². The van der Waals surface area contributed by atoms with Gasteiger partial charge in [-0.2, -0.15) is 0 Å². The van der Waals surface area contributed by atoms with Crippen LogP contribution in [0.15, 0.2) is 303 Å². The summed E-state index contributed by atoms with van der Waals surface area (Å²) >= 11 is 0. The van der Waals surface area contributed by atoms with Crippen LogP contribution in [0.25, 0.3) is 164 Å². The van der Waals surface area contributed by atoms with Crippen molar-refractivity contribution >= 4 is 165 Å². The second-order valence-corrected chi connectivity index (χ2v) is 39.6. The number of anilines is 6. The van der Waals surface area contributed by atoms with Crippen LogP contribution in [0, 0.1) is 0 Å². The Bertz CT molecular complexity index is 7430. The van der Waals surface area contributed by atoms with E-state index in [1.165, 1.54) is 186 Å². The van der Waals surface area contributed by atoms with Crippen LogP contribution in [-0.2, 0) is 27.1 Å². The Morgan fingerprint density at radius 1 is 0.218 bits per heavy atom. The lowest BCUT2D eigenvalue weighted by Crippen LogP contribution is -2.61. The third kappa shape index (κ3) is 10.4. The van der Waals surface area contributed by atoms with Gasteiger partial charge in [0.25, 0.3) is 6.71 Å². The molecule has 21 aromatic rings. The molecule has 0 spiro atoms. The predicted octanol–water partition coefficient (Wildman–Crippen LogP) is 29.8. The SMILES string of the molecule is CC(C)(C)c1ccc(-c2cc(C(C)(C)C)cc(-c3ccc(C(C)(C)C)cc3)c2N2c3cc(-n4c5ccc6cccc7c8cccc9ccc4c(c98)c5c67)ccc3B3c4ccc(-n5c6ccc7cccc8c9cccc%10ccc5c(c%109)c6c78)cc4N(c4c(-c5ccccc5)cc(C(C)(C)C)cc4-c4ccccc4)c4cc(C(C)(C)C)cc2c43)cc1. The van der Waals surface area contributed by atoms with Gasteiger partial charge in [0.15, 0.2) is 0 Å². The van der Waals surface area contributed by atoms with Crippen molar-refractivity contribution in [1.82, 2.24) is 9.13 Å². The first kappa shape index (κ1) is 71.4. The molecule has 19 aromatic carbocycles. The molecule has 0 amide bonds.